The first-order valence-corrected chi connectivity index (χ1v) is 24.2. The molecule has 6 amide bonds. The minimum atomic E-state index is -1.31. The molecule has 1 aromatic heterocycles. The van der Waals surface area contributed by atoms with Gasteiger partial charge in [0.25, 0.3) is 0 Å². The number of carboxylic acid groups (broad SMARTS) is 1. The topological polar surface area (TPSA) is 228 Å². The molecule has 5 aromatic rings. The van der Waals surface area contributed by atoms with Crippen LogP contribution >= 0.6 is 0 Å². The van der Waals surface area contributed by atoms with Gasteiger partial charge in [-0.1, -0.05) is 164 Å². The van der Waals surface area contributed by atoms with Crippen LogP contribution in [0.2, 0.25) is 0 Å². The minimum absolute atomic E-state index is 0.00812. The number of hydrogen-bond acceptors (Lipinski definition) is 7. The van der Waals surface area contributed by atoms with Gasteiger partial charge in [-0.2, -0.15) is 0 Å². The number of carboxylic acids is 1. The summed E-state index contributed by atoms with van der Waals surface area (Å²) in [5.74, 6) is -6.54. The molecule has 0 unspecified atom stereocenters. The molecule has 8 N–H and O–H groups in total. The number of carbonyl (C=O) groups excluding carboxylic acids is 6. The van der Waals surface area contributed by atoms with E-state index in [0.29, 0.717) is 24.0 Å². The van der Waals surface area contributed by atoms with Crippen LogP contribution in [0.3, 0.4) is 0 Å². The van der Waals surface area contributed by atoms with Crippen LogP contribution in [0.25, 0.3) is 10.9 Å². The maximum atomic E-state index is 14.6. The van der Waals surface area contributed by atoms with Crippen molar-refractivity contribution in [3.8, 4) is 0 Å². The van der Waals surface area contributed by atoms with E-state index in [4.69, 9.17) is 0 Å². The summed E-state index contributed by atoms with van der Waals surface area (Å²) in [6.07, 6.45) is 2.83. The molecule has 0 fully saturated rings. The number of hydrogen-bond donors (Lipinski definition) is 8. The van der Waals surface area contributed by atoms with Crippen LogP contribution in [-0.4, -0.2) is 87.8 Å². The second-order valence-corrected chi connectivity index (χ2v) is 18.6. The highest BCUT2D eigenvalue weighted by atomic mass is 16.4. The molecule has 4 aromatic carbocycles. The zero-order valence-electron chi connectivity index (χ0n) is 41.2. The summed E-state index contributed by atoms with van der Waals surface area (Å²) in [6, 6.07) is 28.0. The molecule has 0 aliphatic heterocycles. The number of aromatic amines is 1. The molecule has 0 saturated heterocycles. The van der Waals surface area contributed by atoms with Crippen molar-refractivity contribution in [1.29, 1.82) is 0 Å². The molecule has 8 atom stereocenters. The average molecular weight is 956 g/mol. The van der Waals surface area contributed by atoms with E-state index in [9.17, 15) is 38.7 Å². The number of benzene rings is 4. The number of H-pyrrole nitrogens is 1. The number of para-hydroxylation sites is 1. The van der Waals surface area contributed by atoms with Gasteiger partial charge in [-0.05, 0) is 52.5 Å². The highest BCUT2D eigenvalue weighted by Crippen LogP contribution is 2.29. The van der Waals surface area contributed by atoms with Crippen LogP contribution in [0, 0.1) is 17.8 Å². The van der Waals surface area contributed by atoms with Gasteiger partial charge in [0.1, 0.15) is 36.3 Å². The number of rotatable bonds is 25. The first-order valence-electron chi connectivity index (χ1n) is 24.2. The Labute approximate surface area is 410 Å². The predicted molar refractivity (Wildman–Crippen MR) is 270 cm³/mol. The third kappa shape index (κ3) is 14.9. The molecular formula is C55H69N7O8. The largest absolute Gasteiger partial charge is 0.480 e. The van der Waals surface area contributed by atoms with Gasteiger partial charge in [0, 0.05) is 42.8 Å². The standard InChI is InChI=1S/C55H69N7O8/c1-8-34(5)47(52(66)60-45(55(69)70)31-40-32-56-42-28-20-19-27-41(40)42)62-53(67)48(35(6)9-2)61-51(65)44(30-37-21-13-10-14-22-37)58-50(64)43(29-33(3)4)59-54(68)49(57-36(7)63)46(38-23-15-11-16-24-38)39-25-17-12-18-26-39/h10-28,32-35,43-49,56H,8-9,29-31H2,1-7H3,(H,57,63)(H,58,64)(H,59,68)(H,60,66)(H,61,65)(H,62,67)(H,69,70)/t34-,35-,43-,44-,45-,47-,48-,49+/m0/s1. The Morgan fingerprint density at radius 1 is 0.514 bits per heavy atom. The highest BCUT2D eigenvalue weighted by molar-refractivity contribution is 5.97. The van der Waals surface area contributed by atoms with Gasteiger partial charge >= 0.3 is 5.97 Å². The first kappa shape index (κ1) is 53.7. The van der Waals surface area contributed by atoms with Gasteiger partial charge in [-0.15, -0.1) is 0 Å². The Morgan fingerprint density at radius 2 is 0.971 bits per heavy atom. The predicted octanol–water partition coefficient (Wildman–Crippen LogP) is 5.94. The van der Waals surface area contributed by atoms with Crippen molar-refractivity contribution >= 4 is 52.3 Å². The molecule has 0 saturated carbocycles. The maximum Gasteiger partial charge on any atom is 0.326 e. The van der Waals surface area contributed by atoms with Crippen LogP contribution in [0.15, 0.2) is 121 Å². The van der Waals surface area contributed by atoms with Crippen molar-refractivity contribution in [1.82, 2.24) is 36.9 Å². The molecule has 0 aliphatic carbocycles. The Kier molecular flexibility index (Phi) is 19.9. The summed E-state index contributed by atoms with van der Waals surface area (Å²) >= 11 is 0. The van der Waals surface area contributed by atoms with E-state index in [1.54, 1.807) is 32.2 Å². The van der Waals surface area contributed by atoms with Crippen LogP contribution in [-0.2, 0) is 46.4 Å². The second-order valence-electron chi connectivity index (χ2n) is 18.6. The molecule has 1 heterocycles. The molecule has 0 spiro atoms. The Balaban J connectivity index is 1.39. The molecule has 0 aliphatic rings. The van der Waals surface area contributed by atoms with Crippen molar-refractivity contribution in [2.24, 2.45) is 17.8 Å². The summed E-state index contributed by atoms with van der Waals surface area (Å²) in [6.45, 7) is 12.4. The van der Waals surface area contributed by atoms with Gasteiger partial charge in [-0.3, -0.25) is 28.8 Å². The van der Waals surface area contributed by atoms with Crippen LogP contribution in [0.4, 0.5) is 0 Å². The van der Waals surface area contributed by atoms with Crippen molar-refractivity contribution in [3.05, 3.63) is 144 Å². The Morgan fingerprint density at radius 3 is 1.50 bits per heavy atom. The molecule has 372 valence electrons. The Bertz CT molecular complexity index is 2490. The molecular weight excluding hydrogens is 887 g/mol. The van der Waals surface area contributed by atoms with Crippen LogP contribution < -0.4 is 31.9 Å². The minimum Gasteiger partial charge on any atom is -0.480 e. The lowest BCUT2D eigenvalue weighted by atomic mass is 9.84. The number of nitrogens with one attached hydrogen (secondary N) is 7. The second kappa shape index (κ2) is 25.9. The van der Waals surface area contributed by atoms with E-state index in [2.05, 4.69) is 36.9 Å². The molecule has 0 bridgehead atoms. The fourth-order valence-corrected chi connectivity index (χ4v) is 8.60. The molecule has 0 radical (unpaired) electrons. The summed E-state index contributed by atoms with van der Waals surface area (Å²) in [5, 5.41) is 28.1. The fraction of sp³-hybridized carbons (Fsp3) is 0.400. The Hall–Kier alpha value is -7.29. The highest BCUT2D eigenvalue weighted by Gasteiger charge is 2.38. The molecule has 5 rings (SSSR count). The number of aromatic nitrogens is 1. The summed E-state index contributed by atoms with van der Waals surface area (Å²) in [7, 11) is 0. The van der Waals surface area contributed by atoms with Gasteiger partial charge in [-0.25, -0.2) is 4.79 Å². The average Bonchev–Trinajstić information content (AvgIpc) is 3.76. The summed E-state index contributed by atoms with van der Waals surface area (Å²) < 4.78 is 0. The third-order valence-corrected chi connectivity index (χ3v) is 12.8. The SMILES string of the molecule is CC[C@H](C)[C@H](NC(=O)[C@H](Cc1ccccc1)NC(=O)[C@H](CC(C)C)NC(=O)[C@H](NC(C)=O)C(c1ccccc1)c1ccccc1)C(=O)N[C@H](C(=O)N[C@@H](Cc1c[nH]c2ccccc12)C(=O)O)[C@@H](C)CC. The van der Waals surface area contributed by atoms with E-state index in [0.717, 1.165) is 22.0 Å². The van der Waals surface area contributed by atoms with Crippen LogP contribution in [0.5, 0.6) is 0 Å². The lowest BCUT2D eigenvalue weighted by Crippen LogP contribution is -2.62. The third-order valence-electron chi connectivity index (χ3n) is 12.8. The lowest BCUT2D eigenvalue weighted by Gasteiger charge is -2.31. The van der Waals surface area contributed by atoms with Gasteiger partial charge in [0.15, 0.2) is 0 Å². The summed E-state index contributed by atoms with van der Waals surface area (Å²) in [5.41, 5.74) is 3.79. The number of fused-ring (bicyclic) bond motifs is 1. The number of aliphatic carboxylic acids is 1. The van der Waals surface area contributed by atoms with Gasteiger partial charge < -0.3 is 42.0 Å². The first-order chi connectivity index (χ1) is 33.5. The van der Waals surface area contributed by atoms with Crippen molar-refractivity contribution in [2.45, 2.75) is 123 Å². The molecule has 15 nitrogen and oxygen atoms in total. The fourth-order valence-electron chi connectivity index (χ4n) is 8.60. The monoisotopic (exact) mass is 956 g/mol. The van der Waals surface area contributed by atoms with Crippen LogP contribution in [0.1, 0.15) is 95.9 Å². The lowest BCUT2D eigenvalue weighted by molar-refractivity contribution is -0.142. The van der Waals surface area contributed by atoms with Crippen molar-refractivity contribution in [2.75, 3.05) is 0 Å². The molecule has 70 heavy (non-hydrogen) atoms. The summed E-state index contributed by atoms with van der Waals surface area (Å²) in [4.78, 5) is 100. The zero-order chi connectivity index (χ0) is 50.9. The number of carbonyl (C=O) groups is 7. The zero-order valence-corrected chi connectivity index (χ0v) is 41.2. The molecule has 15 heteroatoms. The van der Waals surface area contributed by atoms with Gasteiger partial charge in [0.05, 0.1) is 0 Å². The smallest absolute Gasteiger partial charge is 0.326 e. The normalized spacial score (nSPS) is 14.8. The van der Waals surface area contributed by atoms with Crippen molar-refractivity contribution in [3.63, 3.8) is 0 Å². The van der Waals surface area contributed by atoms with E-state index in [1.165, 1.54) is 6.92 Å². The number of amides is 6. The van der Waals surface area contributed by atoms with E-state index in [-0.39, 0.29) is 25.2 Å². The quantitative estimate of drug-likeness (QED) is 0.0349. The van der Waals surface area contributed by atoms with E-state index >= 15 is 0 Å². The van der Waals surface area contributed by atoms with Crippen molar-refractivity contribution < 1.29 is 38.7 Å². The van der Waals surface area contributed by atoms with E-state index in [1.807, 2.05) is 131 Å². The van der Waals surface area contributed by atoms with Gasteiger partial charge in [0.2, 0.25) is 35.4 Å². The maximum absolute atomic E-state index is 14.6. The van der Waals surface area contributed by atoms with E-state index < -0.39 is 95.4 Å².